The number of hydrazine groups is 1. The molecule has 0 aliphatic heterocycles. The zero-order valence-electron chi connectivity index (χ0n) is 16.7. The lowest BCUT2D eigenvalue weighted by molar-refractivity contribution is -0.127. The number of sulfonamides is 1. The Balaban J connectivity index is 1.72. The van der Waals surface area contributed by atoms with E-state index in [-0.39, 0.29) is 24.4 Å². The van der Waals surface area contributed by atoms with Crippen molar-refractivity contribution >= 4 is 27.5 Å². The molecule has 0 spiro atoms. The van der Waals surface area contributed by atoms with Crippen LogP contribution in [-0.2, 0) is 19.6 Å². The van der Waals surface area contributed by atoms with Gasteiger partial charge in [-0.3, -0.25) is 20.4 Å². The summed E-state index contributed by atoms with van der Waals surface area (Å²) >= 11 is 0. The molecule has 0 heterocycles. The van der Waals surface area contributed by atoms with Crippen molar-refractivity contribution < 1.29 is 18.0 Å². The summed E-state index contributed by atoms with van der Waals surface area (Å²) in [5.74, 6) is -0.924. The average molecular weight is 419 g/mol. The molecule has 9 heteroatoms. The quantitative estimate of drug-likeness (QED) is 0.485. The van der Waals surface area contributed by atoms with Crippen molar-refractivity contribution in [1.29, 1.82) is 0 Å². The highest BCUT2D eigenvalue weighted by Gasteiger charge is 2.17. The maximum Gasteiger partial charge on any atom is 0.257 e. The lowest BCUT2D eigenvalue weighted by atomic mass is 10.2. The van der Waals surface area contributed by atoms with E-state index in [1.807, 2.05) is 44.2 Å². The summed E-state index contributed by atoms with van der Waals surface area (Å²) in [6.07, 6.45) is -0.115. The molecule has 0 fully saturated rings. The number of anilines is 1. The normalized spacial score (nSPS) is 11.0. The standard InChI is InChI=1S/C20H26N4O4S/c1-14-5-8-17(9-6-14)21-13-20(26)24-23-19(25)10-11-22-29(27,28)18-12-15(2)4-7-16(18)3/h4-9,12,21-22H,10-11,13H2,1-3H3,(H,23,25)(H,24,26). The molecule has 0 saturated heterocycles. The van der Waals surface area contributed by atoms with E-state index in [0.717, 1.165) is 16.8 Å². The van der Waals surface area contributed by atoms with Gasteiger partial charge in [-0.05, 0) is 50.1 Å². The highest BCUT2D eigenvalue weighted by atomic mass is 32.2. The van der Waals surface area contributed by atoms with Gasteiger partial charge in [-0.25, -0.2) is 13.1 Å². The molecule has 2 amide bonds. The minimum absolute atomic E-state index is 0.0113. The minimum Gasteiger partial charge on any atom is -0.376 e. The molecule has 0 radical (unpaired) electrons. The topological polar surface area (TPSA) is 116 Å². The summed E-state index contributed by atoms with van der Waals surface area (Å²) in [6.45, 7) is 5.39. The number of hydrogen-bond acceptors (Lipinski definition) is 5. The van der Waals surface area contributed by atoms with Gasteiger partial charge in [-0.1, -0.05) is 29.8 Å². The molecular weight excluding hydrogens is 392 g/mol. The summed E-state index contributed by atoms with van der Waals surface area (Å²) in [5, 5.41) is 2.93. The van der Waals surface area contributed by atoms with Crippen LogP contribution in [0.3, 0.4) is 0 Å². The Labute approximate surface area is 171 Å². The van der Waals surface area contributed by atoms with Crippen LogP contribution in [-0.4, -0.2) is 33.3 Å². The summed E-state index contributed by atoms with van der Waals surface area (Å²) in [7, 11) is -3.71. The van der Waals surface area contributed by atoms with Crippen LogP contribution in [0.5, 0.6) is 0 Å². The van der Waals surface area contributed by atoms with Crippen molar-refractivity contribution in [2.75, 3.05) is 18.4 Å². The molecule has 0 unspecified atom stereocenters. The van der Waals surface area contributed by atoms with Crippen molar-refractivity contribution in [3.8, 4) is 0 Å². The van der Waals surface area contributed by atoms with Gasteiger partial charge >= 0.3 is 0 Å². The molecule has 0 aromatic heterocycles. The Morgan fingerprint density at radius 2 is 1.48 bits per heavy atom. The van der Waals surface area contributed by atoms with Gasteiger partial charge in [0.15, 0.2) is 0 Å². The van der Waals surface area contributed by atoms with E-state index in [1.165, 1.54) is 0 Å². The minimum atomic E-state index is -3.71. The monoisotopic (exact) mass is 418 g/mol. The Morgan fingerprint density at radius 1 is 0.862 bits per heavy atom. The van der Waals surface area contributed by atoms with Crippen LogP contribution in [0.4, 0.5) is 5.69 Å². The van der Waals surface area contributed by atoms with Crippen LogP contribution < -0.4 is 20.9 Å². The highest BCUT2D eigenvalue weighted by Crippen LogP contribution is 2.16. The van der Waals surface area contributed by atoms with Crippen LogP contribution >= 0.6 is 0 Å². The molecular formula is C20H26N4O4S. The molecule has 2 rings (SSSR count). The van der Waals surface area contributed by atoms with Gasteiger partial charge in [0, 0.05) is 18.7 Å². The Kier molecular flexibility index (Phi) is 7.74. The van der Waals surface area contributed by atoms with Gasteiger partial charge in [-0.15, -0.1) is 0 Å². The van der Waals surface area contributed by atoms with Gasteiger partial charge in [0.25, 0.3) is 5.91 Å². The van der Waals surface area contributed by atoms with Crippen molar-refractivity contribution in [2.24, 2.45) is 0 Å². The van der Waals surface area contributed by atoms with E-state index >= 15 is 0 Å². The predicted molar refractivity (Wildman–Crippen MR) is 112 cm³/mol. The van der Waals surface area contributed by atoms with Crippen molar-refractivity contribution in [3.63, 3.8) is 0 Å². The van der Waals surface area contributed by atoms with Gasteiger partial charge in [0.1, 0.15) is 0 Å². The first-order chi connectivity index (χ1) is 13.7. The Bertz CT molecular complexity index is 972. The third kappa shape index (κ3) is 7.20. The fourth-order valence-corrected chi connectivity index (χ4v) is 3.83. The van der Waals surface area contributed by atoms with E-state index < -0.39 is 21.8 Å². The molecule has 29 heavy (non-hydrogen) atoms. The molecule has 4 N–H and O–H groups in total. The van der Waals surface area contributed by atoms with Crippen molar-refractivity contribution in [3.05, 3.63) is 59.2 Å². The van der Waals surface area contributed by atoms with Crippen molar-refractivity contribution in [1.82, 2.24) is 15.6 Å². The van der Waals surface area contributed by atoms with Gasteiger partial charge < -0.3 is 5.32 Å². The fourth-order valence-electron chi connectivity index (χ4n) is 2.47. The lowest BCUT2D eigenvalue weighted by Crippen LogP contribution is -2.45. The first-order valence-electron chi connectivity index (χ1n) is 9.12. The average Bonchev–Trinajstić information content (AvgIpc) is 2.67. The first kappa shape index (κ1) is 22.4. The molecule has 0 bridgehead atoms. The van der Waals surface area contributed by atoms with Gasteiger partial charge in [0.2, 0.25) is 15.9 Å². The molecule has 0 aliphatic carbocycles. The summed E-state index contributed by atoms with van der Waals surface area (Å²) in [4.78, 5) is 23.8. The summed E-state index contributed by atoms with van der Waals surface area (Å²) in [6, 6.07) is 12.7. The zero-order chi connectivity index (χ0) is 21.4. The van der Waals surface area contributed by atoms with Gasteiger partial charge in [0.05, 0.1) is 11.4 Å². The molecule has 0 saturated carbocycles. The second kappa shape index (κ2) is 10.0. The van der Waals surface area contributed by atoms with Gasteiger partial charge in [-0.2, -0.15) is 0 Å². The van der Waals surface area contributed by atoms with Crippen LogP contribution in [0.1, 0.15) is 23.1 Å². The number of nitrogens with one attached hydrogen (secondary N) is 4. The molecule has 2 aromatic rings. The fraction of sp³-hybridized carbons (Fsp3) is 0.300. The van der Waals surface area contributed by atoms with E-state index in [4.69, 9.17) is 0 Å². The van der Waals surface area contributed by atoms with Crippen LogP contribution in [0, 0.1) is 20.8 Å². The number of benzene rings is 2. The number of hydrogen-bond donors (Lipinski definition) is 4. The maximum atomic E-state index is 12.4. The second-order valence-corrected chi connectivity index (χ2v) is 8.47. The maximum absolute atomic E-state index is 12.4. The zero-order valence-corrected chi connectivity index (χ0v) is 17.5. The number of aryl methyl sites for hydroxylation is 3. The molecule has 0 atom stereocenters. The SMILES string of the molecule is Cc1ccc(NCC(=O)NNC(=O)CCNS(=O)(=O)c2cc(C)ccc2C)cc1. The Morgan fingerprint density at radius 3 is 2.17 bits per heavy atom. The largest absolute Gasteiger partial charge is 0.376 e. The van der Waals surface area contributed by atoms with E-state index in [2.05, 4.69) is 20.9 Å². The molecule has 0 aliphatic rings. The van der Waals surface area contributed by atoms with E-state index in [1.54, 1.807) is 19.1 Å². The first-order valence-corrected chi connectivity index (χ1v) is 10.6. The third-order valence-corrected chi connectivity index (χ3v) is 5.73. The van der Waals surface area contributed by atoms with Crippen LogP contribution in [0.25, 0.3) is 0 Å². The Hall–Kier alpha value is -2.91. The summed E-state index contributed by atoms with van der Waals surface area (Å²) in [5.41, 5.74) is 7.90. The van der Waals surface area contributed by atoms with Crippen LogP contribution in [0.2, 0.25) is 0 Å². The number of carbonyl (C=O) groups is 2. The number of rotatable bonds is 8. The second-order valence-electron chi connectivity index (χ2n) is 6.73. The highest BCUT2D eigenvalue weighted by molar-refractivity contribution is 7.89. The molecule has 8 nitrogen and oxygen atoms in total. The summed E-state index contributed by atoms with van der Waals surface area (Å²) < 4.78 is 27.1. The van der Waals surface area contributed by atoms with Crippen molar-refractivity contribution in [2.45, 2.75) is 32.1 Å². The van der Waals surface area contributed by atoms with E-state index in [9.17, 15) is 18.0 Å². The van der Waals surface area contributed by atoms with E-state index in [0.29, 0.717) is 5.56 Å². The molecule has 156 valence electrons. The number of carbonyl (C=O) groups excluding carboxylic acids is 2. The van der Waals surface area contributed by atoms with Crippen LogP contribution in [0.15, 0.2) is 47.4 Å². The predicted octanol–water partition coefficient (Wildman–Crippen LogP) is 1.54. The lowest BCUT2D eigenvalue weighted by Gasteiger charge is -2.11. The smallest absolute Gasteiger partial charge is 0.257 e. The molecule has 2 aromatic carbocycles. The number of amides is 2. The third-order valence-electron chi connectivity index (χ3n) is 4.12.